The summed E-state index contributed by atoms with van der Waals surface area (Å²) in [4.78, 5) is 19.0. The molecule has 2 aliphatic rings. The lowest BCUT2D eigenvalue weighted by atomic mass is 10.2. The van der Waals surface area contributed by atoms with E-state index in [1.807, 2.05) is 21.9 Å². The van der Waals surface area contributed by atoms with Crippen LogP contribution in [-0.2, 0) is 11.3 Å². The Hall–Kier alpha value is -1.92. The van der Waals surface area contributed by atoms with Gasteiger partial charge in [-0.3, -0.25) is 9.69 Å². The molecule has 1 aliphatic carbocycles. The summed E-state index contributed by atoms with van der Waals surface area (Å²) in [6.45, 7) is 4.02. The lowest BCUT2D eigenvalue weighted by Crippen LogP contribution is -2.51. The Labute approximate surface area is 157 Å². The topological polar surface area (TPSA) is 26.8 Å². The maximum absolute atomic E-state index is 13.9. The van der Waals surface area contributed by atoms with Crippen molar-refractivity contribution >= 4 is 22.9 Å². The molecule has 4 rings (SSSR count). The van der Waals surface area contributed by atoms with Gasteiger partial charge in [0.1, 0.15) is 5.82 Å². The zero-order chi connectivity index (χ0) is 17.9. The second-order valence-corrected chi connectivity index (χ2v) is 7.87. The predicted molar refractivity (Wildman–Crippen MR) is 103 cm³/mol. The smallest absolute Gasteiger partial charge is 0.236 e. The van der Waals surface area contributed by atoms with Crippen LogP contribution in [0.15, 0.2) is 41.1 Å². The highest BCUT2D eigenvalue weighted by Crippen LogP contribution is 2.29. The lowest BCUT2D eigenvalue weighted by Gasteiger charge is -2.37. The second kappa shape index (κ2) is 7.76. The maximum Gasteiger partial charge on any atom is 0.236 e. The van der Waals surface area contributed by atoms with Crippen molar-refractivity contribution in [3.8, 4) is 0 Å². The van der Waals surface area contributed by atoms with Gasteiger partial charge in [0.2, 0.25) is 5.91 Å². The molecule has 2 fully saturated rings. The Bertz CT molecular complexity index is 739. The van der Waals surface area contributed by atoms with Crippen LogP contribution in [0.4, 0.5) is 10.1 Å². The Morgan fingerprint density at radius 2 is 1.92 bits per heavy atom. The molecule has 1 aliphatic heterocycles. The summed E-state index contributed by atoms with van der Waals surface area (Å²) in [6.07, 6.45) is 2.39. The summed E-state index contributed by atoms with van der Waals surface area (Å²) < 4.78 is 13.9. The minimum absolute atomic E-state index is 0.192. The Balaban J connectivity index is 1.32. The van der Waals surface area contributed by atoms with Gasteiger partial charge in [0.25, 0.3) is 0 Å². The Kier molecular flexibility index (Phi) is 5.22. The number of carbonyl (C=O) groups excluding carboxylic acids is 1. The summed E-state index contributed by atoms with van der Waals surface area (Å²) >= 11 is 1.70. The van der Waals surface area contributed by atoms with E-state index in [9.17, 15) is 9.18 Å². The van der Waals surface area contributed by atoms with Crippen LogP contribution in [0.3, 0.4) is 0 Å². The molecule has 6 heteroatoms. The van der Waals surface area contributed by atoms with Gasteiger partial charge in [-0.05, 0) is 47.4 Å². The first-order valence-electron chi connectivity index (χ1n) is 9.23. The van der Waals surface area contributed by atoms with Crippen LogP contribution >= 0.6 is 11.3 Å². The van der Waals surface area contributed by atoms with E-state index in [0.29, 0.717) is 44.5 Å². The number of hydrogen-bond donors (Lipinski definition) is 0. The fourth-order valence-corrected chi connectivity index (χ4v) is 4.21. The number of rotatable bonds is 6. The summed E-state index contributed by atoms with van der Waals surface area (Å²) in [5.41, 5.74) is 1.93. The van der Waals surface area contributed by atoms with Gasteiger partial charge in [0.15, 0.2) is 0 Å². The normalized spacial score (nSPS) is 17.8. The van der Waals surface area contributed by atoms with Crippen LogP contribution in [0, 0.1) is 5.82 Å². The van der Waals surface area contributed by atoms with E-state index in [1.54, 1.807) is 17.4 Å². The number of thiophene rings is 1. The fourth-order valence-electron chi connectivity index (χ4n) is 3.55. The average Bonchev–Trinajstić information content (AvgIpc) is 3.39. The van der Waals surface area contributed by atoms with E-state index in [1.165, 1.54) is 24.5 Å². The van der Waals surface area contributed by atoms with Crippen molar-refractivity contribution < 1.29 is 9.18 Å². The molecule has 0 unspecified atom stereocenters. The van der Waals surface area contributed by atoms with Crippen LogP contribution in [0.1, 0.15) is 18.4 Å². The van der Waals surface area contributed by atoms with Crippen LogP contribution in [0.5, 0.6) is 0 Å². The molecule has 1 saturated carbocycles. The predicted octanol–water partition coefficient (Wildman–Crippen LogP) is 3.20. The number of carbonyl (C=O) groups is 1. The average molecular weight is 373 g/mol. The minimum Gasteiger partial charge on any atom is -0.366 e. The standard InChI is InChI=1S/C20H24FN3OS/c21-18-3-1-2-4-19(18)22-8-10-23(11-9-22)20(25)14-24(17-5-6-17)13-16-7-12-26-15-16/h1-4,7,12,15,17H,5-6,8-11,13-14H2. The van der Waals surface area contributed by atoms with E-state index >= 15 is 0 Å². The Morgan fingerprint density at radius 3 is 2.58 bits per heavy atom. The lowest BCUT2D eigenvalue weighted by molar-refractivity contribution is -0.133. The third-order valence-electron chi connectivity index (χ3n) is 5.19. The van der Waals surface area contributed by atoms with Crippen molar-refractivity contribution in [3.05, 3.63) is 52.5 Å². The van der Waals surface area contributed by atoms with E-state index in [0.717, 1.165) is 6.54 Å². The molecular formula is C20H24FN3OS. The van der Waals surface area contributed by atoms with Crippen molar-refractivity contribution in [2.45, 2.75) is 25.4 Å². The van der Waals surface area contributed by atoms with Gasteiger partial charge >= 0.3 is 0 Å². The van der Waals surface area contributed by atoms with Crippen molar-refractivity contribution in [3.63, 3.8) is 0 Å². The highest BCUT2D eigenvalue weighted by Gasteiger charge is 2.32. The van der Waals surface area contributed by atoms with E-state index < -0.39 is 0 Å². The number of amides is 1. The molecule has 1 saturated heterocycles. The van der Waals surface area contributed by atoms with Crippen molar-refractivity contribution in [1.82, 2.24) is 9.80 Å². The molecule has 2 aromatic rings. The summed E-state index contributed by atoms with van der Waals surface area (Å²) in [5, 5.41) is 4.25. The number of anilines is 1. The highest BCUT2D eigenvalue weighted by atomic mass is 32.1. The molecule has 2 heterocycles. The first kappa shape index (κ1) is 17.5. The van der Waals surface area contributed by atoms with Gasteiger partial charge in [0, 0.05) is 38.8 Å². The molecule has 0 spiro atoms. The summed E-state index contributed by atoms with van der Waals surface area (Å²) in [7, 11) is 0. The SMILES string of the molecule is O=C(CN(Cc1ccsc1)C1CC1)N1CCN(c2ccccc2F)CC1. The number of hydrogen-bond acceptors (Lipinski definition) is 4. The van der Waals surface area contributed by atoms with Gasteiger partial charge < -0.3 is 9.80 Å². The molecule has 1 aromatic heterocycles. The van der Waals surface area contributed by atoms with Crippen LogP contribution in [-0.4, -0.2) is 54.5 Å². The third-order valence-corrected chi connectivity index (χ3v) is 5.92. The molecule has 1 amide bonds. The van der Waals surface area contributed by atoms with Crippen molar-refractivity contribution in [1.29, 1.82) is 0 Å². The highest BCUT2D eigenvalue weighted by molar-refractivity contribution is 7.07. The van der Waals surface area contributed by atoms with Gasteiger partial charge in [-0.15, -0.1) is 0 Å². The summed E-state index contributed by atoms with van der Waals surface area (Å²) in [6, 6.07) is 9.55. The molecule has 0 bridgehead atoms. The monoisotopic (exact) mass is 373 g/mol. The molecule has 1 aromatic carbocycles. The molecular weight excluding hydrogens is 349 g/mol. The van der Waals surface area contributed by atoms with Gasteiger partial charge in [-0.2, -0.15) is 11.3 Å². The van der Waals surface area contributed by atoms with Crippen LogP contribution < -0.4 is 4.90 Å². The second-order valence-electron chi connectivity index (χ2n) is 7.09. The van der Waals surface area contributed by atoms with Crippen molar-refractivity contribution in [2.75, 3.05) is 37.6 Å². The van der Waals surface area contributed by atoms with E-state index in [2.05, 4.69) is 21.7 Å². The van der Waals surface area contributed by atoms with Gasteiger partial charge in [-0.25, -0.2) is 4.39 Å². The van der Waals surface area contributed by atoms with Crippen molar-refractivity contribution in [2.24, 2.45) is 0 Å². The molecule has 0 radical (unpaired) electrons. The number of benzene rings is 1. The number of piperazine rings is 1. The quantitative estimate of drug-likeness (QED) is 0.778. The van der Waals surface area contributed by atoms with E-state index in [-0.39, 0.29) is 11.7 Å². The number of halogens is 1. The first-order chi connectivity index (χ1) is 12.7. The van der Waals surface area contributed by atoms with Gasteiger partial charge in [-0.1, -0.05) is 12.1 Å². The Morgan fingerprint density at radius 1 is 1.15 bits per heavy atom. The zero-order valence-electron chi connectivity index (χ0n) is 14.8. The van der Waals surface area contributed by atoms with Crippen LogP contribution in [0.25, 0.3) is 0 Å². The summed E-state index contributed by atoms with van der Waals surface area (Å²) in [5.74, 6) is 0.00302. The maximum atomic E-state index is 13.9. The molecule has 0 N–H and O–H groups in total. The number of para-hydroxylation sites is 1. The molecule has 26 heavy (non-hydrogen) atoms. The molecule has 138 valence electrons. The van der Waals surface area contributed by atoms with Gasteiger partial charge in [0.05, 0.1) is 12.2 Å². The zero-order valence-corrected chi connectivity index (χ0v) is 15.6. The number of nitrogens with zero attached hydrogens (tertiary/aromatic N) is 3. The van der Waals surface area contributed by atoms with E-state index in [4.69, 9.17) is 0 Å². The third kappa shape index (κ3) is 4.07. The molecule has 0 atom stereocenters. The minimum atomic E-state index is -0.192. The molecule has 4 nitrogen and oxygen atoms in total. The fraction of sp³-hybridized carbons (Fsp3) is 0.450. The first-order valence-corrected chi connectivity index (χ1v) is 10.2. The largest absolute Gasteiger partial charge is 0.366 e. The van der Waals surface area contributed by atoms with Crippen LogP contribution in [0.2, 0.25) is 0 Å².